The van der Waals surface area contributed by atoms with Crippen LogP contribution in [-0.2, 0) is 14.3 Å². The summed E-state index contributed by atoms with van der Waals surface area (Å²) in [6.07, 6.45) is 0.573. The van der Waals surface area contributed by atoms with Gasteiger partial charge in [-0.25, -0.2) is 4.79 Å². The Morgan fingerprint density at radius 2 is 1.82 bits per heavy atom. The lowest BCUT2D eigenvalue weighted by atomic mass is 9.87. The molecule has 1 aliphatic heterocycles. The zero-order valence-corrected chi connectivity index (χ0v) is 13.3. The summed E-state index contributed by atoms with van der Waals surface area (Å²) in [5, 5.41) is 12.6. The smallest absolute Gasteiger partial charge is 0.407 e. The van der Waals surface area contributed by atoms with Crippen LogP contribution in [0.2, 0.25) is 0 Å². The molecule has 7 nitrogen and oxygen atoms in total. The van der Waals surface area contributed by atoms with Crippen LogP contribution in [0.5, 0.6) is 0 Å². The molecule has 22 heavy (non-hydrogen) atoms. The molecule has 3 unspecified atom stereocenters. The first kappa shape index (κ1) is 16.7. The lowest BCUT2D eigenvalue weighted by Gasteiger charge is -2.39. The molecule has 2 rings (SSSR count). The average molecular weight is 312 g/mol. The number of nitrogens with zero attached hydrogens (tertiary/aromatic N) is 1. The Bertz CT molecular complexity index is 455. The first-order valence-electron chi connectivity index (χ1n) is 7.70. The molecule has 0 bridgehead atoms. The van der Waals surface area contributed by atoms with Crippen molar-refractivity contribution in [2.45, 2.75) is 76.7 Å². The highest BCUT2D eigenvalue weighted by Gasteiger charge is 2.42. The van der Waals surface area contributed by atoms with Gasteiger partial charge in [-0.1, -0.05) is 0 Å². The second-order valence-electron chi connectivity index (χ2n) is 6.94. The minimum absolute atomic E-state index is 0.199. The van der Waals surface area contributed by atoms with Gasteiger partial charge in [0.05, 0.1) is 18.2 Å². The van der Waals surface area contributed by atoms with Gasteiger partial charge in [0.2, 0.25) is 11.8 Å². The minimum Gasteiger partial charge on any atom is -0.444 e. The molecule has 1 aliphatic carbocycles. The highest BCUT2D eigenvalue weighted by Crippen LogP contribution is 2.28. The Balaban J connectivity index is 2.08. The fourth-order valence-electron chi connectivity index (χ4n) is 3.00. The Hall–Kier alpha value is -1.63. The largest absolute Gasteiger partial charge is 0.444 e. The molecular weight excluding hydrogens is 288 g/mol. The van der Waals surface area contributed by atoms with Gasteiger partial charge in [0.1, 0.15) is 5.60 Å². The molecule has 1 heterocycles. The van der Waals surface area contributed by atoms with Crippen LogP contribution in [0.3, 0.4) is 0 Å². The van der Waals surface area contributed by atoms with Crippen molar-refractivity contribution >= 4 is 17.9 Å². The van der Waals surface area contributed by atoms with Crippen molar-refractivity contribution in [1.29, 1.82) is 0 Å². The van der Waals surface area contributed by atoms with E-state index in [1.807, 2.05) is 0 Å². The van der Waals surface area contributed by atoms with Crippen LogP contribution < -0.4 is 5.32 Å². The number of carbonyl (C=O) groups is 3. The van der Waals surface area contributed by atoms with E-state index in [1.165, 1.54) is 4.90 Å². The first-order chi connectivity index (χ1) is 10.2. The van der Waals surface area contributed by atoms with Crippen molar-refractivity contribution in [1.82, 2.24) is 10.2 Å². The van der Waals surface area contributed by atoms with Crippen molar-refractivity contribution in [3.63, 3.8) is 0 Å². The molecule has 3 atom stereocenters. The second-order valence-corrected chi connectivity index (χ2v) is 6.94. The number of aliphatic hydroxyl groups is 1. The summed E-state index contributed by atoms with van der Waals surface area (Å²) in [6, 6.07) is -0.886. The van der Waals surface area contributed by atoms with Crippen LogP contribution in [0.4, 0.5) is 4.79 Å². The van der Waals surface area contributed by atoms with Crippen LogP contribution >= 0.6 is 0 Å². The van der Waals surface area contributed by atoms with E-state index >= 15 is 0 Å². The third kappa shape index (κ3) is 3.97. The highest BCUT2D eigenvalue weighted by atomic mass is 16.6. The molecular formula is C15H24N2O5. The van der Waals surface area contributed by atoms with E-state index < -0.39 is 23.8 Å². The summed E-state index contributed by atoms with van der Waals surface area (Å²) >= 11 is 0. The molecule has 0 aromatic rings. The highest BCUT2D eigenvalue weighted by molar-refractivity contribution is 6.02. The molecule has 124 valence electrons. The van der Waals surface area contributed by atoms with Gasteiger partial charge < -0.3 is 15.2 Å². The van der Waals surface area contributed by atoms with Crippen molar-refractivity contribution in [2.75, 3.05) is 0 Å². The third-order valence-corrected chi connectivity index (χ3v) is 3.91. The molecule has 7 heteroatoms. The number of imide groups is 1. The fraction of sp³-hybridized carbons (Fsp3) is 0.800. The zero-order chi connectivity index (χ0) is 16.5. The summed E-state index contributed by atoms with van der Waals surface area (Å²) in [7, 11) is 0. The number of likely N-dealkylation sites (tertiary alicyclic amines) is 1. The van der Waals surface area contributed by atoms with E-state index in [2.05, 4.69) is 5.32 Å². The predicted octanol–water partition coefficient (Wildman–Crippen LogP) is 0.942. The van der Waals surface area contributed by atoms with Crippen LogP contribution in [0.25, 0.3) is 0 Å². The summed E-state index contributed by atoms with van der Waals surface area (Å²) in [5.74, 6) is -0.472. The number of hydrogen-bond acceptors (Lipinski definition) is 5. The molecule has 2 aliphatic rings. The van der Waals surface area contributed by atoms with Gasteiger partial charge in [0.25, 0.3) is 0 Å². The molecule has 0 aromatic carbocycles. The van der Waals surface area contributed by atoms with Crippen molar-refractivity contribution in [3.05, 3.63) is 0 Å². The molecule has 1 saturated heterocycles. The fourth-order valence-corrected chi connectivity index (χ4v) is 3.00. The first-order valence-corrected chi connectivity index (χ1v) is 7.70. The number of aliphatic hydroxyl groups excluding tert-OH is 1. The number of carbonyl (C=O) groups excluding carboxylic acids is 3. The maximum Gasteiger partial charge on any atom is 0.407 e. The van der Waals surface area contributed by atoms with Gasteiger partial charge in [0.15, 0.2) is 0 Å². The number of hydrogen-bond donors (Lipinski definition) is 2. The van der Waals surface area contributed by atoms with E-state index in [-0.39, 0.29) is 37.1 Å². The lowest BCUT2D eigenvalue weighted by Crippen LogP contribution is -2.57. The lowest BCUT2D eigenvalue weighted by molar-refractivity contribution is -0.143. The SMILES string of the molecule is CC(C)(C)OC(=O)NC1CCC(O)CC1N1C(=O)CCC1=O. The summed E-state index contributed by atoms with van der Waals surface area (Å²) in [5.41, 5.74) is -0.618. The van der Waals surface area contributed by atoms with E-state index in [0.717, 1.165) is 0 Å². The molecule has 0 aromatic heterocycles. The van der Waals surface area contributed by atoms with Crippen LogP contribution in [0.15, 0.2) is 0 Å². The number of rotatable bonds is 2. The Labute approximate surface area is 130 Å². The molecule has 2 fully saturated rings. The summed E-state index contributed by atoms with van der Waals surface area (Å²) < 4.78 is 5.23. The molecule has 1 saturated carbocycles. The molecule has 3 amide bonds. The van der Waals surface area contributed by atoms with E-state index in [4.69, 9.17) is 4.74 Å². The topological polar surface area (TPSA) is 95.9 Å². The van der Waals surface area contributed by atoms with Gasteiger partial charge in [-0.3, -0.25) is 14.5 Å². The maximum absolute atomic E-state index is 11.9. The molecule has 0 spiro atoms. The number of nitrogens with one attached hydrogen (secondary N) is 1. The van der Waals surface area contributed by atoms with Gasteiger partial charge in [0, 0.05) is 12.8 Å². The minimum atomic E-state index is -0.618. The maximum atomic E-state index is 11.9. The Morgan fingerprint density at radius 1 is 1.23 bits per heavy atom. The molecule has 2 N–H and O–H groups in total. The second kappa shape index (κ2) is 6.24. The van der Waals surface area contributed by atoms with Gasteiger partial charge >= 0.3 is 6.09 Å². The van der Waals surface area contributed by atoms with Gasteiger partial charge in [-0.15, -0.1) is 0 Å². The Kier molecular flexibility index (Phi) is 4.75. The number of alkyl carbamates (subject to hydrolysis) is 1. The van der Waals surface area contributed by atoms with Gasteiger partial charge in [-0.05, 0) is 40.0 Å². The van der Waals surface area contributed by atoms with E-state index in [0.29, 0.717) is 12.8 Å². The van der Waals surface area contributed by atoms with Crippen molar-refractivity contribution in [2.24, 2.45) is 0 Å². The number of amides is 3. The molecule has 0 radical (unpaired) electrons. The normalized spacial score (nSPS) is 29.6. The van der Waals surface area contributed by atoms with Crippen LogP contribution in [0, 0.1) is 0 Å². The third-order valence-electron chi connectivity index (χ3n) is 3.91. The van der Waals surface area contributed by atoms with Crippen molar-refractivity contribution in [3.8, 4) is 0 Å². The quantitative estimate of drug-likeness (QED) is 0.740. The standard InChI is InChI=1S/C15H24N2O5/c1-15(2,3)22-14(21)16-10-5-4-9(18)8-11(10)17-12(19)6-7-13(17)20/h9-11,18H,4-8H2,1-3H3,(H,16,21). The predicted molar refractivity (Wildman–Crippen MR) is 77.9 cm³/mol. The summed E-state index contributed by atoms with van der Waals surface area (Å²) in [4.78, 5) is 37.0. The Morgan fingerprint density at radius 3 is 2.36 bits per heavy atom. The average Bonchev–Trinajstić information content (AvgIpc) is 2.69. The van der Waals surface area contributed by atoms with Crippen molar-refractivity contribution < 1.29 is 24.2 Å². The summed E-state index contributed by atoms with van der Waals surface area (Å²) in [6.45, 7) is 5.30. The monoisotopic (exact) mass is 312 g/mol. The number of ether oxygens (including phenoxy) is 1. The zero-order valence-electron chi connectivity index (χ0n) is 13.3. The van der Waals surface area contributed by atoms with Gasteiger partial charge in [-0.2, -0.15) is 0 Å². The van der Waals surface area contributed by atoms with E-state index in [9.17, 15) is 19.5 Å². The van der Waals surface area contributed by atoms with E-state index in [1.54, 1.807) is 20.8 Å². The van der Waals surface area contributed by atoms with Crippen LogP contribution in [0.1, 0.15) is 52.9 Å². The van der Waals surface area contributed by atoms with Crippen LogP contribution in [-0.4, -0.2) is 51.7 Å².